The van der Waals surface area contributed by atoms with Gasteiger partial charge in [-0.3, -0.25) is 0 Å². The lowest BCUT2D eigenvalue weighted by atomic mass is 10.7. The number of halogens is 1. The van der Waals surface area contributed by atoms with E-state index in [2.05, 4.69) is 25.4 Å². The van der Waals surface area contributed by atoms with E-state index in [-0.39, 0.29) is 5.95 Å². The SMILES string of the molecule is O=C1OC(=CCBr)O1. The molecule has 0 aromatic rings. The van der Waals surface area contributed by atoms with Gasteiger partial charge in [0.15, 0.2) is 0 Å². The number of carbonyl (C=O) groups excluding carboxylic acids is 1. The number of carbonyl (C=O) groups is 1. The number of hydrogen-bond acceptors (Lipinski definition) is 3. The van der Waals surface area contributed by atoms with Crippen molar-refractivity contribution < 1.29 is 14.3 Å². The van der Waals surface area contributed by atoms with Crippen molar-refractivity contribution in [2.45, 2.75) is 0 Å². The van der Waals surface area contributed by atoms with Crippen LogP contribution >= 0.6 is 15.9 Å². The molecule has 0 unspecified atom stereocenters. The summed E-state index contributed by atoms with van der Waals surface area (Å²) in [5.41, 5.74) is 0. The second-order valence-electron chi connectivity index (χ2n) is 1.13. The van der Waals surface area contributed by atoms with Crippen LogP contribution in [0.5, 0.6) is 0 Å². The highest BCUT2D eigenvalue weighted by Gasteiger charge is 2.22. The molecular formula is C4H3BrO3. The van der Waals surface area contributed by atoms with E-state index in [0.29, 0.717) is 5.33 Å². The Balaban J connectivity index is 2.34. The Bertz CT molecular complexity index is 130. The minimum absolute atomic E-state index is 0.284. The van der Waals surface area contributed by atoms with Crippen molar-refractivity contribution in [1.29, 1.82) is 0 Å². The van der Waals surface area contributed by atoms with E-state index < -0.39 is 6.16 Å². The fraction of sp³-hybridized carbons (Fsp3) is 0.250. The summed E-state index contributed by atoms with van der Waals surface area (Å²) in [6.07, 6.45) is 0.985. The molecule has 0 atom stereocenters. The average molecular weight is 179 g/mol. The van der Waals surface area contributed by atoms with Crippen molar-refractivity contribution in [3.63, 3.8) is 0 Å². The molecule has 3 nitrogen and oxygen atoms in total. The first kappa shape index (κ1) is 5.62. The van der Waals surface area contributed by atoms with Gasteiger partial charge in [0.2, 0.25) is 0 Å². The summed E-state index contributed by atoms with van der Waals surface area (Å²) in [7, 11) is 0. The topological polar surface area (TPSA) is 35.5 Å². The average Bonchev–Trinajstić information content (AvgIpc) is 1.64. The fourth-order valence-electron chi connectivity index (χ4n) is 0.318. The molecule has 1 heterocycles. The van der Waals surface area contributed by atoms with Crippen LogP contribution in [-0.2, 0) is 9.47 Å². The number of cyclic esters (lactones) is 2. The van der Waals surface area contributed by atoms with E-state index in [4.69, 9.17) is 0 Å². The smallest absolute Gasteiger partial charge is 0.360 e. The van der Waals surface area contributed by atoms with E-state index in [9.17, 15) is 4.79 Å². The number of alkyl halides is 1. The largest absolute Gasteiger partial charge is 0.524 e. The molecule has 1 fully saturated rings. The zero-order valence-corrected chi connectivity index (χ0v) is 5.47. The molecule has 1 aliphatic heterocycles. The monoisotopic (exact) mass is 178 g/mol. The molecule has 0 aromatic heterocycles. The molecule has 4 heteroatoms. The minimum atomic E-state index is -0.628. The van der Waals surface area contributed by atoms with Gasteiger partial charge in [-0.15, -0.1) is 0 Å². The molecule has 0 radical (unpaired) electrons. The normalized spacial score (nSPS) is 16.1. The number of rotatable bonds is 1. The van der Waals surface area contributed by atoms with E-state index in [1.165, 1.54) is 0 Å². The third kappa shape index (κ3) is 1.01. The number of hydrogen-bond donors (Lipinski definition) is 0. The Morgan fingerprint density at radius 3 is 2.62 bits per heavy atom. The van der Waals surface area contributed by atoms with Gasteiger partial charge in [-0.1, -0.05) is 15.9 Å². The summed E-state index contributed by atoms with van der Waals surface area (Å²) in [4.78, 5) is 9.88. The predicted octanol–water partition coefficient (Wildman–Crippen LogP) is 1.39. The lowest BCUT2D eigenvalue weighted by Crippen LogP contribution is -2.19. The number of ether oxygens (including phenoxy) is 2. The first-order valence-corrected chi connectivity index (χ1v) is 3.11. The van der Waals surface area contributed by atoms with Gasteiger partial charge < -0.3 is 9.47 Å². The van der Waals surface area contributed by atoms with Crippen molar-refractivity contribution in [2.24, 2.45) is 0 Å². The molecule has 0 saturated carbocycles. The Labute approximate surface area is 54.4 Å². The van der Waals surface area contributed by atoms with Crippen molar-refractivity contribution in [2.75, 3.05) is 5.33 Å². The van der Waals surface area contributed by atoms with Crippen LogP contribution in [0.2, 0.25) is 0 Å². The summed E-state index contributed by atoms with van der Waals surface area (Å²) >= 11 is 3.10. The van der Waals surface area contributed by atoms with Crippen molar-refractivity contribution in [3.05, 3.63) is 12.0 Å². The third-order valence-corrected chi connectivity index (χ3v) is 0.935. The highest BCUT2D eigenvalue weighted by molar-refractivity contribution is 9.09. The summed E-state index contributed by atoms with van der Waals surface area (Å²) in [5.74, 6) is 0.284. The highest BCUT2D eigenvalue weighted by atomic mass is 79.9. The minimum Gasteiger partial charge on any atom is -0.360 e. The van der Waals surface area contributed by atoms with Crippen molar-refractivity contribution >= 4 is 22.1 Å². The fourth-order valence-corrected chi connectivity index (χ4v) is 0.583. The molecule has 8 heavy (non-hydrogen) atoms. The molecule has 1 saturated heterocycles. The second-order valence-corrected chi connectivity index (χ2v) is 1.78. The maximum Gasteiger partial charge on any atom is 0.524 e. The summed E-state index contributed by atoms with van der Waals surface area (Å²) in [6.45, 7) is 0. The lowest BCUT2D eigenvalue weighted by Gasteiger charge is -2.14. The van der Waals surface area contributed by atoms with E-state index >= 15 is 0 Å². The molecule has 0 N–H and O–H groups in total. The van der Waals surface area contributed by atoms with Crippen LogP contribution in [0.3, 0.4) is 0 Å². The van der Waals surface area contributed by atoms with Crippen molar-refractivity contribution in [1.82, 2.24) is 0 Å². The summed E-state index contributed by atoms with van der Waals surface area (Å²) in [5, 5.41) is 0.635. The zero-order chi connectivity index (χ0) is 5.98. The van der Waals surface area contributed by atoms with Crippen LogP contribution in [0.1, 0.15) is 0 Å². The number of allylic oxidation sites excluding steroid dienone is 1. The van der Waals surface area contributed by atoms with Gasteiger partial charge in [-0.25, -0.2) is 4.79 Å². The molecule has 1 rings (SSSR count). The Kier molecular flexibility index (Phi) is 1.53. The second kappa shape index (κ2) is 2.17. The molecular weight excluding hydrogens is 176 g/mol. The highest BCUT2D eigenvalue weighted by Crippen LogP contribution is 2.13. The van der Waals surface area contributed by atoms with E-state index in [1.54, 1.807) is 6.08 Å². The molecule has 0 aromatic carbocycles. The zero-order valence-electron chi connectivity index (χ0n) is 3.89. The molecule has 0 aliphatic carbocycles. The van der Waals surface area contributed by atoms with Crippen LogP contribution in [0.25, 0.3) is 0 Å². The van der Waals surface area contributed by atoms with Gasteiger partial charge in [0, 0.05) is 11.4 Å². The Hall–Kier alpha value is -0.510. The van der Waals surface area contributed by atoms with Crippen LogP contribution < -0.4 is 0 Å². The van der Waals surface area contributed by atoms with Gasteiger partial charge in [-0.05, 0) is 0 Å². The first-order chi connectivity index (χ1) is 3.83. The van der Waals surface area contributed by atoms with Gasteiger partial charge in [0.05, 0.1) is 0 Å². The molecule has 44 valence electrons. The molecule has 0 spiro atoms. The standard InChI is InChI=1S/C4H3BrO3/c5-2-1-3-7-4(6)8-3/h1H,2H2. The van der Waals surface area contributed by atoms with Crippen LogP contribution in [0.15, 0.2) is 12.0 Å². The van der Waals surface area contributed by atoms with E-state index in [1.807, 2.05) is 0 Å². The lowest BCUT2D eigenvalue weighted by molar-refractivity contribution is -0.0261. The Morgan fingerprint density at radius 1 is 1.62 bits per heavy atom. The molecule has 1 aliphatic rings. The third-order valence-electron chi connectivity index (χ3n) is 0.612. The first-order valence-electron chi connectivity index (χ1n) is 1.98. The maximum atomic E-state index is 9.88. The van der Waals surface area contributed by atoms with Gasteiger partial charge >= 0.3 is 6.16 Å². The van der Waals surface area contributed by atoms with Gasteiger partial charge in [0.25, 0.3) is 5.95 Å². The van der Waals surface area contributed by atoms with Crippen molar-refractivity contribution in [3.8, 4) is 0 Å². The van der Waals surface area contributed by atoms with Crippen LogP contribution in [-0.4, -0.2) is 11.5 Å². The predicted molar refractivity (Wildman–Crippen MR) is 29.4 cm³/mol. The van der Waals surface area contributed by atoms with Crippen LogP contribution in [0.4, 0.5) is 4.79 Å². The summed E-state index contributed by atoms with van der Waals surface area (Å²) < 4.78 is 8.70. The van der Waals surface area contributed by atoms with Gasteiger partial charge in [0.1, 0.15) is 0 Å². The molecule has 0 bridgehead atoms. The van der Waals surface area contributed by atoms with E-state index in [0.717, 1.165) is 0 Å². The van der Waals surface area contributed by atoms with Gasteiger partial charge in [-0.2, -0.15) is 0 Å². The molecule has 0 amide bonds. The Morgan fingerprint density at radius 2 is 2.25 bits per heavy atom. The summed E-state index contributed by atoms with van der Waals surface area (Å²) in [6, 6.07) is 0. The maximum absolute atomic E-state index is 9.88. The quantitative estimate of drug-likeness (QED) is 0.450. The van der Waals surface area contributed by atoms with Crippen LogP contribution in [0, 0.1) is 0 Å².